The van der Waals surface area contributed by atoms with Crippen molar-refractivity contribution in [1.29, 1.82) is 0 Å². The van der Waals surface area contributed by atoms with Gasteiger partial charge in [-0.3, -0.25) is 11.3 Å². The molecule has 1 aromatic carbocycles. The van der Waals surface area contributed by atoms with Crippen molar-refractivity contribution in [2.75, 3.05) is 0 Å². The normalized spacial score (nSPS) is 13.1. The zero-order valence-electron chi connectivity index (χ0n) is 10.3. The van der Waals surface area contributed by atoms with E-state index in [0.29, 0.717) is 16.0 Å². The summed E-state index contributed by atoms with van der Waals surface area (Å²) in [4.78, 5) is 0. The Hall–Kier alpha value is -0.280. The minimum Gasteiger partial charge on any atom is -0.271 e. The van der Waals surface area contributed by atoms with Gasteiger partial charge < -0.3 is 0 Å². The van der Waals surface area contributed by atoms with E-state index in [9.17, 15) is 0 Å². The van der Waals surface area contributed by atoms with Crippen molar-refractivity contribution >= 4 is 23.2 Å². The van der Waals surface area contributed by atoms with E-state index in [-0.39, 0.29) is 6.04 Å². The lowest BCUT2D eigenvalue weighted by Gasteiger charge is -2.22. The van der Waals surface area contributed by atoms with E-state index in [1.165, 1.54) is 0 Å². The van der Waals surface area contributed by atoms with Gasteiger partial charge in [-0.1, -0.05) is 49.9 Å². The Kier molecular flexibility index (Phi) is 6.28. The second-order valence-electron chi connectivity index (χ2n) is 4.34. The highest BCUT2D eigenvalue weighted by atomic mass is 35.5. The van der Waals surface area contributed by atoms with Crippen molar-refractivity contribution in [3.8, 4) is 0 Å². The molecule has 0 heterocycles. The fourth-order valence-corrected chi connectivity index (χ4v) is 2.57. The molecule has 2 nitrogen and oxygen atoms in total. The minimum absolute atomic E-state index is 0.107. The van der Waals surface area contributed by atoms with E-state index < -0.39 is 0 Å². The summed E-state index contributed by atoms with van der Waals surface area (Å²) in [6.07, 6.45) is 3.31. The summed E-state index contributed by atoms with van der Waals surface area (Å²) < 4.78 is 0. The Labute approximate surface area is 113 Å². The lowest BCUT2D eigenvalue weighted by molar-refractivity contribution is 0.375. The fraction of sp³-hybridized carbons (Fsp3) is 0.538. The molecule has 0 spiro atoms. The average Bonchev–Trinajstić information content (AvgIpc) is 2.29. The smallest absolute Gasteiger partial charge is 0.0463 e. The molecule has 0 bridgehead atoms. The highest BCUT2D eigenvalue weighted by molar-refractivity contribution is 6.34. The Bertz CT molecular complexity index is 331. The minimum atomic E-state index is 0.107. The molecule has 1 unspecified atom stereocenters. The molecule has 3 N–H and O–H groups in total. The van der Waals surface area contributed by atoms with Gasteiger partial charge in [-0.25, -0.2) is 0 Å². The second-order valence-corrected chi connectivity index (χ2v) is 5.21. The van der Waals surface area contributed by atoms with Gasteiger partial charge in [-0.05, 0) is 36.1 Å². The van der Waals surface area contributed by atoms with Gasteiger partial charge in [-0.2, -0.15) is 0 Å². The monoisotopic (exact) mass is 274 g/mol. The summed E-state index contributed by atoms with van der Waals surface area (Å²) in [5, 5.41) is 1.30. The van der Waals surface area contributed by atoms with Crippen LogP contribution in [0.3, 0.4) is 0 Å². The van der Waals surface area contributed by atoms with Gasteiger partial charge in [-0.15, -0.1) is 0 Å². The molecule has 1 atom stereocenters. The van der Waals surface area contributed by atoms with E-state index in [2.05, 4.69) is 19.3 Å². The number of rotatable bonds is 6. The number of hydrazine groups is 1. The molecule has 0 aliphatic carbocycles. The maximum absolute atomic E-state index is 6.00. The first kappa shape index (κ1) is 14.8. The van der Waals surface area contributed by atoms with Gasteiger partial charge in [0, 0.05) is 16.1 Å². The van der Waals surface area contributed by atoms with Gasteiger partial charge in [0.2, 0.25) is 0 Å². The lowest BCUT2D eigenvalue weighted by atomic mass is 9.91. The molecular weight excluding hydrogens is 255 g/mol. The Balaban J connectivity index is 2.85. The quantitative estimate of drug-likeness (QED) is 0.599. The zero-order chi connectivity index (χ0) is 12.8. The molecule has 0 aromatic heterocycles. The second kappa shape index (κ2) is 7.22. The average molecular weight is 275 g/mol. The topological polar surface area (TPSA) is 38.0 Å². The molecule has 0 aliphatic rings. The molecule has 0 amide bonds. The summed E-state index contributed by atoms with van der Waals surface area (Å²) in [7, 11) is 0. The number of hydrogen-bond donors (Lipinski definition) is 2. The third-order valence-corrected chi connectivity index (χ3v) is 3.65. The summed E-state index contributed by atoms with van der Waals surface area (Å²) in [5.41, 5.74) is 3.91. The molecule has 1 rings (SSSR count). The Morgan fingerprint density at radius 3 is 2.06 bits per heavy atom. The van der Waals surface area contributed by atoms with E-state index in [0.717, 1.165) is 24.8 Å². The van der Waals surface area contributed by atoms with Crippen molar-refractivity contribution in [2.45, 2.75) is 39.2 Å². The number of benzene rings is 1. The predicted molar refractivity (Wildman–Crippen MR) is 75.2 cm³/mol. The first-order valence-electron chi connectivity index (χ1n) is 6.02. The zero-order valence-corrected chi connectivity index (χ0v) is 11.9. The van der Waals surface area contributed by atoms with Crippen molar-refractivity contribution in [2.24, 2.45) is 11.8 Å². The molecule has 0 saturated heterocycles. The molecular formula is C13H20Cl2N2. The molecule has 0 radical (unpaired) electrons. The third-order valence-electron chi connectivity index (χ3n) is 3.21. The van der Waals surface area contributed by atoms with Crippen LogP contribution < -0.4 is 11.3 Å². The van der Waals surface area contributed by atoms with E-state index >= 15 is 0 Å². The highest BCUT2D eigenvalue weighted by Crippen LogP contribution is 2.28. The lowest BCUT2D eigenvalue weighted by Crippen LogP contribution is -2.29. The van der Waals surface area contributed by atoms with Crippen LogP contribution >= 0.6 is 23.2 Å². The number of halogens is 2. The summed E-state index contributed by atoms with van der Waals surface area (Å²) in [6.45, 7) is 4.40. The summed E-state index contributed by atoms with van der Waals surface area (Å²) in [6, 6.07) is 5.67. The van der Waals surface area contributed by atoms with Gasteiger partial charge in [0.25, 0.3) is 0 Å². The molecule has 96 valence electrons. The highest BCUT2D eigenvalue weighted by Gasteiger charge is 2.15. The molecule has 4 heteroatoms. The van der Waals surface area contributed by atoms with E-state index in [4.69, 9.17) is 29.0 Å². The first-order chi connectivity index (χ1) is 8.10. The van der Waals surface area contributed by atoms with Crippen molar-refractivity contribution in [1.82, 2.24) is 5.43 Å². The molecule has 0 fully saturated rings. The first-order valence-corrected chi connectivity index (χ1v) is 6.78. The SMILES string of the molecule is CCC(CC)CC(NN)c1cc(Cl)cc(Cl)c1. The largest absolute Gasteiger partial charge is 0.271 e. The van der Waals surface area contributed by atoms with E-state index in [1.807, 2.05) is 12.1 Å². The molecule has 17 heavy (non-hydrogen) atoms. The molecule has 0 aliphatic heterocycles. The summed E-state index contributed by atoms with van der Waals surface area (Å²) >= 11 is 12.0. The van der Waals surface area contributed by atoms with Crippen LogP contribution in [0.4, 0.5) is 0 Å². The number of hydrogen-bond acceptors (Lipinski definition) is 2. The van der Waals surface area contributed by atoms with Crippen LogP contribution in [0.2, 0.25) is 10.0 Å². The van der Waals surface area contributed by atoms with Gasteiger partial charge >= 0.3 is 0 Å². The van der Waals surface area contributed by atoms with Gasteiger partial charge in [0.15, 0.2) is 0 Å². The summed E-state index contributed by atoms with van der Waals surface area (Å²) in [5.74, 6) is 6.29. The van der Waals surface area contributed by atoms with Crippen LogP contribution in [0, 0.1) is 5.92 Å². The number of nitrogens with one attached hydrogen (secondary N) is 1. The Morgan fingerprint density at radius 1 is 1.12 bits per heavy atom. The van der Waals surface area contributed by atoms with Gasteiger partial charge in [0.05, 0.1) is 0 Å². The van der Waals surface area contributed by atoms with Crippen LogP contribution in [0.25, 0.3) is 0 Å². The van der Waals surface area contributed by atoms with E-state index in [1.54, 1.807) is 6.07 Å². The van der Waals surface area contributed by atoms with Crippen LogP contribution in [-0.2, 0) is 0 Å². The van der Waals surface area contributed by atoms with Crippen molar-refractivity contribution < 1.29 is 0 Å². The third kappa shape index (κ3) is 4.47. The predicted octanol–water partition coefficient (Wildman–Crippen LogP) is 4.32. The van der Waals surface area contributed by atoms with Crippen molar-refractivity contribution in [3.05, 3.63) is 33.8 Å². The van der Waals surface area contributed by atoms with Crippen LogP contribution in [0.15, 0.2) is 18.2 Å². The standard InChI is InChI=1S/C13H20Cl2N2/c1-3-9(4-2)5-13(17-16)10-6-11(14)8-12(15)7-10/h6-9,13,17H,3-5,16H2,1-2H3. The molecule has 1 aromatic rings. The maximum Gasteiger partial charge on any atom is 0.0463 e. The Morgan fingerprint density at radius 2 is 1.65 bits per heavy atom. The van der Waals surface area contributed by atoms with Crippen molar-refractivity contribution in [3.63, 3.8) is 0 Å². The molecule has 0 saturated carbocycles. The fourth-order valence-electron chi connectivity index (χ4n) is 2.03. The number of nitrogens with two attached hydrogens (primary N) is 1. The van der Waals surface area contributed by atoms with Gasteiger partial charge in [0.1, 0.15) is 0 Å². The van der Waals surface area contributed by atoms with Crippen LogP contribution in [-0.4, -0.2) is 0 Å². The van der Waals surface area contributed by atoms with Crippen LogP contribution in [0.1, 0.15) is 44.7 Å². The maximum atomic E-state index is 6.00. The van der Waals surface area contributed by atoms with Crippen LogP contribution in [0.5, 0.6) is 0 Å².